The van der Waals surface area contributed by atoms with Crippen molar-refractivity contribution in [2.45, 2.75) is 37.8 Å². The number of halogens is 3. The molecular formula is C6H11F3O3. The predicted molar refractivity (Wildman–Crippen MR) is 33.9 cm³/mol. The molecule has 0 spiro atoms. The van der Waals surface area contributed by atoms with Crippen molar-refractivity contribution < 1.29 is 28.5 Å². The Labute approximate surface area is 67.4 Å². The molecule has 0 saturated heterocycles. The SMILES string of the molecule is OC(O)(O)CCCCC(F)(F)F. The van der Waals surface area contributed by atoms with Crippen molar-refractivity contribution in [3.05, 3.63) is 0 Å². The lowest BCUT2D eigenvalue weighted by Gasteiger charge is -2.13. The van der Waals surface area contributed by atoms with E-state index >= 15 is 0 Å². The summed E-state index contributed by atoms with van der Waals surface area (Å²) in [5.41, 5.74) is 0. The fourth-order valence-electron chi connectivity index (χ4n) is 0.688. The minimum atomic E-state index is -4.22. The number of hydrogen-bond acceptors (Lipinski definition) is 3. The molecule has 0 heterocycles. The summed E-state index contributed by atoms with van der Waals surface area (Å²) in [5, 5.41) is 24.8. The maximum Gasteiger partial charge on any atom is 0.389 e. The molecule has 3 N–H and O–H groups in total. The lowest BCUT2D eigenvalue weighted by atomic mass is 10.2. The molecule has 0 atom stereocenters. The lowest BCUT2D eigenvalue weighted by Crippen LogP contribution is -2.26. The highest BCUT2D eigenvalue weighted by Gasteiger charge is 2.27. The maximum absolute atomic E-state index is 11.5. The summed E-state index contributed by atoms with van der Waals surface area (Å²) >= 11 is 0. The van der Waals surface area contributed by atoms with Gasteiger partial charge >= 0.3 is 6.18 Å². The van der Waals surface area contributed by atoms with Crippen LogP contribution in [0.2, 0.25) is 0 Å². The minimum Gasteiger partial charge on any atom is -0.344 e. The third-order valence-corrected chi connectivity index (χ3v) is 1.22. The van der Waals surface area contributed by atoms with Crippen LogP contribution in [0, 0.1) is 0 Å². The normalized spacial score (nSPS) is 13.5. The number of aliphatic hydroxyl groups is 3. The van der Waals surface area contributed by atoms with Crippen LogP contribution in [0.25, 0.3) is 0 Å². The van der Waals surface area contributed by atoms with E-state index in [9.17, 15) is 13.2 Å². The molecule has 0 aliphatic heterocycles. The number of hydrogen-bond donors (Lipinski definition) is 3. The molecule has 3 nitrogen and oxygen atoms in total. The summed E-state index contributed by atoms with van der Waals surface area (Å²) in [7, 11) is 0. The topological polar surface area (TPSA) is 60.7 Å². The van der Waals surface area contributed by atoms with E-state index in [2.05, 4.69) is 0 Å². The Morgan fingerprint density at radius 3 is 1.58 bits per heavy atom. The zero-order valence-electron chi connectivity index (χ0n) is 6.30. The first-order valence-corrected chi connectivity index (χ1v) is 3.44. The third kappa shape index (κ3) is 9.67. The van der Waals surface area contributed by atoms with Crippen LogP contribution in [-0.2, 0) is 0 Å². The van der Waals surface area contributed by atoms with E-state index in [0.29, 0.717) is 0 Å². The smallest absolute Gasteiger partial charge is 0.344 e. The average Bonchev–Trinajstić information content (AvgIpc) is 1.76. The Kier molecular flexibility index (Phi) is 3.95. The predicted octanol–water partition coefficient (Wildman–Crippen LogP) is 0.740. The second-order valence-electron chi connectivity index (χ2n) is 2.60. The van der Waals surface area contributed by atoms with Gasteiger partial charge in [-0.2, -0.15) is 13.2 Å². The highest BCUT2D eigenvalue weighted by atomic mass is 19.4. The van der Waals surface area contributed by atoms with Gasteiger partial charge in [0.05, 0.1) is 0 Å². The van der Waals surface area contributed by atoms with Crippen LogP contribution in [0.15, 0.2) is 0 Å². The van der Waals surface area contributed by atoms with Gasteiger partial charge in [0.1, 0.15) is 0 Å². The molecule has 0 aliphatic rings. The second-order valence-corrected chi connectivity index (χ2v) is 2.60. The van der Waals surface area contributed by atoms with E-state index in [1.165, 1.54) is 0 Å². The molecule has 0 unspecified atom stereocenters. The molecule has 0 rings (SSSR count). The largest absolute Gasteiger partial charge is 0.389 e. The quantitative estimate of drug-likeness (QED) is 0.450. The summed E-state index contributed by atoms with van der Waals surface area (Å²) in [5.74, 6) is -2.84. The zero-order valence-corrected chi connectivity index (χ0v) is 6.30. The fraction of sp³-hybridized carbons (Fsp3) is 1.00. The molecule has 0 amide bonds. The van der Waals surface area contributed by atoms with Gasteiger partial charge in [0, 0.05) is 12.8 Å². The van der Waals surface area contributed by atoms with Gasteiger partial charge in [-0.3, -0.25) is 0 Å². The minimum absolute atomic E-state index is 0.0803. The van der Waals surface area contributed by atoms with E-state index in [1.54, 1.807) is 0 Å². The van der Waals surface area contributed by atoms with E-state index in [0.717, 1.165) is 0 Å². The molecular weight excluding hydrogens is 177 g/mol. The van der Waals surface area contributed by atoms with Gasteiger partial charge in [-0.1, -0.05) is 0 Å². The van der Waals surface area contributed by atoms with Gasteiger partial charge in [-0.25, -0.2) is 0 Å². The van der Waals surface area contributed by atoms with Crippen molar-refractivity contribution in [2.24, 2.45) is 0 Å². The molecule has 0 aromatic heterocycles. The summed E-state index contributed by atoms with van der Waals surface area (Å²) in [6.45, 7) is 0. The van der Waals surface area contributed by atoms with E-state index in [4.69, 9.17) is 15.3 Å². The Hall–Kier alpha value is -0.330. The monoisotopic (exact) mass is 188 g/mol. The molecule has 0 aromatic carbocycles. The molecule has 0 radical (unpaired) electrons. The van der Waals surface area contributed by atoms with Crippen molar-refractivity contribution >= 4 is 0 Å². The molecule has 12 heavy (non-hydrogen) atoms. The van der Waals surface area contributed by atoms with Crippen molar-refractivity contribution in [3.8, 4) is 0 Å². The molecule has 0 saturated carbocycles. The van der Waals surface area contributed by atoms with Crippen LogP contribution < -0.4 is 0 Å². The molecule has 0 bridgehead atoms. The van der Waals surface area contributed by atoms with E-state index in [1.807, 2.05) is 0 Å². The maximum atomic E-state index is 11.5. The summed E-state index contributed by atoms with van der Waals surface area (Å²) in [4.78, 5) is 0. The molecule has 0 aliphatic carbocycles. The molecule has 74 valence electrons. The van der Waals surface area contributed by atoms with Gasteiger partial charge in [0.25, 0.3) is 5.97 Å². The van der Waals surface area contributed by atoms with Crippen molar-refractivity contribution in [1.82, 2.24) is 0 Å². The first-order valence-electron chi connectivity index (χ1n) is 3.44. The van der Waals surface area contributed by atoms with E-state index in [-0.39, 0.29) is 12.8 Å². The average molecular weight is 188 g/mol. The van der Waals surface area contributed by atoms with Crippen LogP contribution in [0.3, 0.4) is 0 Å². The van der Waals surface area contributed by atoms with Crippen molar-refractivity contribution in [2.75, 3.05) is 0 Å². The lowest BCUT2D eigenvalue weighted by molar-refractivity contribution is -0.315. The van der Waals surface area contributed by atoms with Gasteiger partial charge in [0.2, 0.25) is 0 Å². The van der Waals surface area contributed by atoms with E-state index < -0.39 is 25.0 Å². The summed E-state index contributed by atoms with van der Waals surface area (Å²) in [6, 6.07) is 0. The van der Waals surface area contributed by atoms with Crippen LogP contribution >= 0.6 is 0 Å². The Bertz CT molecular complexity index is 111. The first-order chi connectivity index (χ1) is 5.21. The Morgan fingerprint density at radius 1 is 0.833 bits per heavy atom. The second kappa shape index (κ2) is 4.06. The molecule has 0 aromatic rings. The Morgan fingerprint density at radius 2 is 1.25 bits per heavy atom. The van der Waals surface area contributed by atoms with Crippen molar-refractivity contribution in [1.29, 1.82) is 0 Å². The highest BCUT2D eigenvalue weighted by Crippen LogP contribution is 2.23. The van der Waals surface area contributed by atoms with Gasteiger partial charge in [-0.15, -0.1) is 0 Å². The fourth-order valence-corrected chi connectivity index (χ4v) is 0.688. The summed E-state index contributed by atoms with van der Waals surface area (Å²) in [6.07, 6.45) is -5.95. The van der Waals surface area contributed by atoms with Crippen molar-refractivity contribution in [3.63, 3.8) is 0 Å². The number of alkyl halides is 3. The standard InChI is InChI=1S/C6H11F3O3/c7-5(8,9)3-1-2-4-6(10,11)12/h10-12H,1-4H2. The molecule has 6 heteroatoms. The van der Waals surface area contributed by atoms with Crippen LogP contribution in [0.4, 0.5) is 13.2 Å². The highest BCUT2D eigenvalue weighted by molar-refractivity contribution is 4.53. The van der Waals surface area contributed by atoms with Crippen LogP contribution in [0.5, 0.6) is 0 Å². The molecule has 0 fully saturated rings. The zero-order chi connectivity index (χ0) is 9.83. The van der Waals surface area contributed by atoms with Crippen LogP contribution in [-0.4, -0.2) is 27.5 Å². The van der Waals surface area contributed by atoms with Crippen LogP contribution in [0.1, 0.15) is 25.7 Å². The Balaban J connectivity index is 3.35. The van der Waals surface area contributed by atoms with Gasteiger partial charge < -0.3 is 15.3 Å². The third-order valence-electron chi connectivity index (χ3n) is 1.22. The summed E-state index contributed by atoms with van der Waals surface area (Å²) < 4.78 is 34.5. The number of unbranched alkanes of at least 4 members (excludes halogenated alkanes) is 1. The van der Waals surface area contributed by atoms with Gasteiger partial charge in [-0.05, 0) is 12.8 Å². The first kappa shape index (κ1) is 11.7. The number of rotatable bonds is 4. The van der Waals surface area contributed by atoms with Gasteiger partial charge in [0.15, 0.2) is 0 Å².